The Kier molecular flexibility index (Phi) is 2.57. The third-order valence-corrected chi connectivity index (χ3v) is 1.38. The van der Waals surface area contributed by atoms with Gasteiger partial charge in [-0.25, -0.2) is 9.40 Å². The van der Waals surface area contributed by atoms with Crippen molar-refractivity contribution in [1.29, 1.82) is 0 Å². The molecule has 0 radical (unpaired) electrons. The van der Waals surface area contributed by atoms with Gasteiger partial charge in [-0.3, -0.25) is 5.84 Å². The molecule has 0 spiro atoms. The van der Waals surface area contributed by atoms with Gasteiger partial charge in [-0.2, -0.15) is 0 Å². The van der Waals surface area contributed by atoms with E-state index in [2.05, 4.69) is 0 Å². The SMILES string of the molecule is CN(N)Cc1ccccc1F. The predicted molar refractivity (Wildman–Crippen MR) is 42.1 cm³/mol. The smallest absolute Gasteiger partial charge is 0.127 e. The summed E-state index contributed by atoms with van der Waals surface area (Å²) in [6.45, 7) is 0.437. The maximum absolute atomic E-state index is 12.9. The Hall–Kier alpha value is -0.930. The highest BCUT2D eigenvalue weighted by atomic mass is 19.1. The minimum atomic E-state index is -0.204. The number of hydrazine groups is 1. The van der Waals surface area contributed by atoms with Crippen LogP contribution in [0.3, 0.4) is 0 Å². The van der Waals surface area contributed by atoms with Crippen molar-refractivity contribution in [1.82, 2.24) is 5.01 Å². The van der Waals surface area contributed by atoms with Crippen LogP contribution in [0.2, 0.25) is 0 Å². The lowest BCUT2D eigenvalue weighted by molar-refractivity contribution is 0.335. The number of rotatable bonds is 2. The van der Waals surface area contributed by atoms with Crippen LogP contribution < -0.4 is 5.84 Å². The quantitative estimate of drug-likeness (QED) is 0.511. The van der Waals surface area contributed by atoms with Crippen LogP contribution >= 0.6 is 0 Å². The van der Waals surface area contributed by atoms with E-state index < -0.39 is 0 Å². The molecule has 0 atom stereocenters. The van der Waals surface area contributed by atoms with Crippen molar-refractivity contribution in [2.45, 2.75) is 6.54 Å². The molecule has 0 aliphatic rings. The first-order chi connectivity index (χ1) is 5.20. The fraction of sp³-hybridized carbons (Fsp3) is 0.250. The zero-order valence-corrected chi connectivity index (χ0v) is 6.42. The van der Waals surface area contributed by atoms with E-state index in [1.165, 1.54) is 11.1 Å². The molecule has 0 saturated carbocycles. The second-order valence-corrected chi connectivity index (χ2v) is 2.51. The Morgan fingerprint density at radius 3 is 2.64 bits per heavy atom. The maximum Gasteiger partial charge on any atom is 0.127 e. The molecule has 0 aliphatic heterocycles. The first kappa shape index (κ1) is 8.17. The summed E-state index contributed by atoms with van der Waals surface area (Å²) < 4.78 is 12.9. The molecule has 1 rings (SSSR count). The van der Waals surface area contributed by atoms with E-state index in [0.717, 1.165) is 0 Å². The van der Waals surface area contributed by atoms with E-state index in [0.29, 0.717) is 12.1 Å². The molecule has 0 aromatic heterocycles. The number of benzene rings is 1. The van der Waals surface area contributed by atoms with Gasteiger partial charge in [0.1, 0.15) is 5.82 Å². The molecule has 3 heteroatoms. The summed E-state index contributed by atoms with van der Waals surface area (Å²) in [6.07, 6.45) is 0. The first-order valence-corrected chi connectivity index (χ1v) is 3.39. The molecule has 0 unspecified atom stereocenters. The maximum atomic E-state index is 12.9. The largest absolute Gasteiger partial charge is 0.269 e. The van der Waals surface area contributed by atoms with Crippen molar-refractivity contribution in [3.63, 3.8) is 0 Å². The van der Waals surface area contributed by atoms with Crippen molar-refractivity contribution >= 4 is 0 Å². The second-order valence-electron chi connectivity index (χ2n) is 2.51. The average Bonchev–Trinajstić information content (AvgIpc) is 1.93. The Morgan fingerprint density at radius 1 is 1.45 bits per heavy atom. The Morgan fingerprint density at radius 2 is 2.09 bits per heavy atom. The molecule has 0 amide bonds. The molecule has 1 aromatic carbocycles. The topological polar surface area (TPSA) is 29.3 Å². The molecule has 0 saturated heterocycles. The predicted octanol–water partition coefficient (Wildman–Crippen LogP) is 1.13. The summed E-state index contributed by atoms with van der Waals surface area (Å²) >= 11 is 0. The lowest BCUT2D eigenvalue weighted by Gasteiger charge is -2.09. The van der Waals surface area contributed by atoms with Crippen LogP contribution in [0, 0.1) is 5.82 Å². The number of halogens is 1. The average molecular weight is 154 g/mol. The van der Waals surface area contributed by atoms with E-state index in [1.54, 1.807) is 25.2 Å². The Bertz CT molecular complexity index is 235. The third-order valence-electron chi connectivity index (χ3n) is 1.38. The lowest BCUT2D eigenvalue weighted by atomic mass is 10.2. The van der Waals surface area contributed by atoms with Gasteiger partial charge in [-0.15, -0.1) is 0 Å². The van der Waals surface area contributed by atoms with Gasteiger partial charge >= 0.3 is 0 Å². The highest BCUT2D eigenvalue weighted by Gasteiger charge is 2.00. The highest BCUT2D eigenvalue weighted by molar-refractivity contribution is 5.16. The van der Waals surface area contributed by atoms with Crippen LogP contribution in [0.25, 0.3) is 0 Å². The number of hydrogen-bond donors (Lipinski definition) is 1. The van der Waals surface area contributed by atoms with Gasteiger partial charge in [-0.05, 0) is 6.07 Å². The zero-order valence-electron chi connectivity index (χ0n) is 6.42. The molecular formula is C8H11FN2. The van der Waals surface area contributed by atoms with Crippen molar-refractivity contribution in [2.75, 3.05) is 7.05 Å². The van der Waals surface area contributed by atoms with Crippen LogP contribution in [-0.4, -0.2) is 12.1 Å². The van der Waals surface area contributed by atoms with Crippen molar-refractivity contribution in [2.24, 2.45) is 5.84 Å². The number of nitrogens with zero attached hydrogens (tertiary/aromatic N) is 1. The van der Waals surface area contributed by atoms with E-state index in [-0.39, 0.29) is 5.82 Å². The standard InChI is InChI=1S/C8H11FN2/c1-11(10)6-7-4-2-3-5-8(7)9/h2-5H,6,10H2,1H3. The summed E-state index contributed by atoms with van der Waals surface area (Å²) in [7, 11) is 1.70. The van der Waals surface area contributed by atoms with Crippen molar-refractivity contribution in [3.8, 4) is 0 Å². The number of hydrogen-bond acceptors (Lipinski definition) is 2. The molecule has 1 aromatic rings. The van der Waals surface area contributed by atoms with Gasteiger partial charge in [0.25, 0.3) is 0 Å². The summed E-state index contributed by atoms with van der Waals surface area (Å²) in [5, 5.41) is 1.44. The Labute approximate surface area is 65.4 Å². The fourth-order valence-corrected chi connectivity index (χ4v) is 0.895. The van der Waals surface area contributed by atoms with Crippen LogP contribution in [0.4, 0.5) is 4.39 Å². The lowest BCUT2D eigenvalue weighted by Crippen LogP contribution is -2.25. The minimum absolute atomic E-state index is 0.204. The van der Waals surface area contributed by atoms with Gasteiger partial charge < -0.3 is 0 Å². The van der Waals surface area contributed by atoms with E-state index in [9.17, 15) is 4.39 Å². The molecule has 11 heavy (non-hydrogen) atoms. The highest BCUT2D eigenvalue weighted by Crippen LogP contribution is 2.06. The van der Waals surface area contributed by atoms with E-state index in [4.69, 9.17) is 5.84 Å². The van der Waals surface area contributed by atoms with Crippen LogP contribution in [0.15, 0.2) is 24.3 Å². The molecule has 0 aliphatic carbocycles. The summed E-state index contributed by atoms with van der Waals surface area (Å²) in [5.74, 6) is 5.16. The van der Waals surface area contributed by atoms with Crippen LogP contribution in [0.1, 0.15) is 5.56 Å². The van der Waals surface area contributed by atoms with Crippen LogP contribution in [-0.2, 0) is 6.54 Å². The number of nitrogens with two attached hydrogens (primary N) is 1. The molecule has 0 heterocycles. The summed E-state index contributed by atoms with van der Waals surface area (Å²) in [4.78, 5) is 0. The van der Waals surface area contributed by atoms with Gasteiger partial charge in [0.05, 0.1) is 0 Å². The van der Waals surface area contributed by atoms with Gasteiger partial charge in [-0.1, -0.05) is 18.2 Å². The summed E-state index contributed by atoms with van der Waals surface area (Å²) in [5.41, 5.74) is 0.623. The van der Waals surface area contributed by atoms with Crippen molar-refractivity contribution in [3.05, 3.63) is 35.6 Å². The van der Waals surface area contributed by atoms with Gasteiger partial charge in [0.2, 0.25) is 0 Å². The molecule has 0 fully saturated rings. The molecule has 60 valence electrons. The van der Waals surface area contributed by atoms with Crippen molar-refractivity contribution < 1.29 is 4.39 Å². The van der Waals surface area contributed by atoms with Gasteiger partial charge in [0.15, 0.2) is 0 Å². The molecule has 2 N–H and O–H groups in total. The second kappa shape index (κ2) is 3.46. The van der Waals surface area contributed by atoms with E-state index in [1.807, 2.05) is 0 Å². The molecule has 0 bridgehead atoms. The fourth-order valence-electron chi connectivity index (χ4n) is 0.895. The Balaban J connectivity index is 2.78. The monoisotopic (exact) mass is 154 g/mol. The first-order valence-electron chi connectivity index (χ1n) is 3.39. The molecular weight excluding hydrogens is 143 g/mol. The molecule has 2 nitrogen and oxygen atoms in total. The normalized spacial score (nSPS) is 10.5. The third kappa shape index (κ3) is 2.29. The zero-order chi connectivity index (χ0) is 8.27. The van der Waals surface area contributed by atoms with E-state index >= 15 is 0 Å². The summed E-state index contributed by atoms with van der Waals surface area (Å²) in [6, 6.07) is 6.61. The van der Waals surface area contributed by atoms with Crippen LogP contribution in [0.5, 0.6) is 0 Å². The minimum Gasteiger partial charge on any atom is -0.269 e. The van der Waals surface area contributed by atoms with Gasteiger partial charge in [0, 0.05) is 19.2 Å².